The quantitative estimate of drug-likeness (QED) is 0.233. The van der Waals surface area contributed by atoms with Gasteiger partial charge in [0.2, 0.25) is 0 Å². The number of nitrogens with zero attached hydrogens (tertiary/aromatic N) is 1. The van der Waals surface area contributed by atoms with E-state index in [0.29, 0.717) is 22.6 Å². The third-order valence-electron chi connectivity index (χ3n) is 3.98. The van der Waals surface area contributed by atoms with E-state index in [4.69, 9.17) is 20.9 Å². The molecule has 0 saturated carbocycles. The van der Waals surface area contributed by atoms with Crippen LogP contribution in [-0.2, 0) is 4.84 Å². The van der Waals surface area contributed by atoms with Crippen LogP contribution in [0.25, 0.3) is 0 Å². The predicted molar refractivity (Wildman–Crippen MR) is 113 cm³/mol. The molecule has 2 aromatic carbocycles. The van der Waals surface area contributed by atoms with Crippen LogP contribution in [0.5, 0.6) is 0 Å². The first-order valence-electron chi connectivity index (χ1n) is 8.79. The third-order valence-corrected chi connectivity index (χ3v) is 4.22. The fourth-order valence-electron chi connectivity index (χ4n) is 2.58. The van der Waals surface area contributed by atoms with E-state index in [1.807, 2.05) is 0 Å². The van der Waals surface area contributed by atoms with Gasteiger partial charge in [-0.15, -0.1) is 0 Å². The van der Waals surface area contributed by atoms with Gasteiger partial charge in [0.1, 0.15) is 6.61 Å². The maximum absolute atomic E-state index is 12.6. The predicted octanol–water partition coefficient (Wildman–Crippen LogP) is 4.84. The van der Waals surface area contributed by atoms with E-state index in [1.165, 1.54) is 24.5 Å². The lowest BCUT2D eigenvalue weighted by Gasteiger charge is -2.10. The summed E-state index contributed by atoms with van der Waals surface area (Å²) in [7, 11) is 0. The summed E-state index contributed by atoms with van der Waals surface area (Å²) in [6.07, 6.45) is 3.09. The van der Waals surface area contributed by atoms with Crippen molar-refractivity contribution in [3.63, 3.8) is 0 Å². The Morgan fingerprint density at radius 3 is 2.53 bits per heavy atom. The second-order valence-electron chi connectivity index (χ2n) is 6.03. The number of anilines is 1. The number of nitrogens with one attached hydrogen (secondary N) is 1. The number of hydrogen-bond acceptors (Lipinski definition) is 5. The molecule has 8 heteroatoms. The number of oxime groups is 1. The zero-order valence-corrected chi connectivity index (χ0v) is 16.4. The largest absolute Gasteiger partial charge is 0.478 e. The zero-order valence-electron chi connectivity index (χ0n) is 15.7. The standard InChI is InChI=1S/C22H17ClN2O5/c1-2-11-30-25-20(19-4-3-12-29-19)14-5-7-15(8-6-14)21(26)24-18-10-9-16(23)13-17(18)22(27)28/h2-10,12-13H,1,11H2,(H,24,26)(H,27,28)/b25-20+. The van der Waals surface area contributed by atoms with Crippen molar-refractivity contribution in [2.75, 3.05) is 11.9 Å². The molecule has 3 rings (SSSR count). The number of halogens is 1. The Morgan fingerprint density at radius 1 is 1.17 bits per heavy atom. The molecule has 0 atom stereocenters. The van der Waals surface area contributed by atoms with Gasteiger partial charge in [0.15, 0.2) is 11.5 Å². The number of carbonyl (C=O) groups is 2. The van der Waals surface area contributed by atoms with Crippen molar-refractivity contribution in [1.29, 1.82) is 0 Å². The molecule has 0 spiro atoms. The lowest BCUT2D eigenvalue weighted by molar-refractivity contribution is 0.0698. The maximum Gasteiger partial charge on any atom is 0.337 e. The summed E-state index contributed by atoms with van der Waals surface area (Å²) >= 11 is 5.84. The molecule has 1 amide bonds. The molecule has 0 aliphatic heterocycles. The van der Waals surface area contributed by atoms with Crippen LogP contribution in [0.3, 0.4) is 0 Å². The first-order chi connectivity index (χ1) is 14.5. The number of carbonyl (C=O) groups excluding carboxylic acids is 1. The number of carboxylic acids is 1. The molecule has 0 unspecified atom stereocenters. The molecule has 0 bridgehead atoms. The Bertz CT molecular complexity index is 1090. The molecule has 1 heterocycles. The van der Waals surface area contributed by atoms with Crippen molar-refractivity contribution in [3.05, 3.63) is 101 Å². The Labute approximate surface area is 177 Å². The molecule has 3 aromatic rings. The van der Waals surface area contributed by atoms with Crippen LogP contribution in [0.2, 0.25) is 5.02 Å². The molecule has 1 aromatic heterocycles. The minimum absolute atomic E-state index is 0.0981. The van der Waals surface area contributed by atoms with Gasteiger partial charge in [-0.05, 0) is 42.5 Å². The molecule has 0 fully saturated rings. The first-order valence-corrected chi connectivity index (χ1v) is 9.16. The number of furan rings is 1. The van der Waals surface area contributed by atoms with Gasteiger partial charge >= 0.3 is 5.97 Å². The Hall–Kier alpha value is -3.84. The molecular formula is C22H17ClN2O5. The van der Waals surface area contributed by atoms with E-state index >= 15 is 0 Å². The minimum Gasteiger partial charge on any atom is -0.478 e. The van der Waals surface area contributed by atoms with E-state index in [9.17, 15) is 14.7 Å². The number of carboxylic acid groups (broad SMARTS) is 1. The van der Waals surface area contributed by atoms with Crippen molar-refractivity contribution in [1.82, 2.24) is 0 Å². The molecule has 0 aliphatic carbocycles. The van der Waals surface area contributed by atoms with Crippen LogP contribution in [0.1, 0.15) is 32.0 Å². The van der Waals surface area contributed by atoms with Gasteiger partial charge in [-0.2, -0.15) is 0 Å². The maximum atomic E-state index is 12.6. The topological polar surface area (TPSA) is 101 Å². The van der Waals surface area contributed by atoms with Crippen molar-refractivity contribution >= 4 is 34.9 Å². The lowest BCUT2D eigenvalue weighted by atomic mass is 10.1. The number of rotatable bonds is 8. The third kappa shape index (κ3) is 4.95. The molecule has 7 nitrogen and oxygen atoms in total. The average molecular weight is 425 g/mol. The van der Waals surface area contributed by atoms with E-state index in [0.717, 1.165) is 0 Å². The molecular weight excluding hydrogens is 408 g/mol. The summed E-state index contributed by atoms with van der Waals surface area (Å²) in [4.78, 5) is 29.1. The van der Waals surface area contributed by atoms with Crippen molar-refractivity contribution < 1.29 is 24.0 Å². The summed E-state index contributed by atoms with van der Waals surface area (Å²) < 4.78 is 5.40. The highest BCUT2D eigenvalue weighted by atomic mass is 35.5. The highest BCUT2D eigenvalue weighted by Crippen LogP contribution is 2.22. The van der Waals surface area contributed by atoms with Crippen molar-refractivity contribution in [3.8, 4) is 0 Å². The van der Waals surface area contributed by atoms with Crippen molar-refractivity contribution in [2.45, 2.75) is 0 Å². The van der Waals surface area contributed by atoms with E-state index in [2.05, 4.69) is 17.1 Å². The lowest BCUT2D eigenvalue weighted by Crippen LogP contribution is -2.15. The molecule has 2 N–H and O–H groups in total. The van der Waals surface area contributed by atoms with Gasteiger partial charge in [0.05, 0.1) is 17.5 Å². The number of benzene rings is 2. The Balaban J connectivity index is 1.82. The SMILES string of the molecule is C=CCO/N=C(\c1ccc(C(=O)Nc2ccc(Cl)cc2C(=O)O)cc1)c1ccco1. The summed E-state index contributed by atoms with van der Waals surface area (Å²) in [5, 5.41) is 16.2. The van der Waals surface area contributed by atoms with E-state index in [1.54, 1.807) is 42.5 Å². The Morgan fingerprint density at radius 2 is 1.90 bits per heavy atom. The highest BCUT2D eigenvalue weighted by Gasteiger charge is 2.16. The molecule has 0 aliphatic rings. The smallest absolute Gasteiger partial charge is 0.337 e. The fraction of sp³-hybridized carbons (Fsp3) is 0.0455. The van der Waals surface area contributed by atoms with Crippen LogP contribution >= 0.6 is 11.6 Å². The van der Waals surface area contributed by atoms with E-state index in [-0.39, 0.29) is 22.9 Å². The molecule has 0 saturated heterocycles. The van der Waals surface area contributed by atoms with Crippen LogP contribution in [0.4, 0.5) is 5.69 Å². The second kappa shape index (κ2) is 9.58. The van der Waals surface area contributed by atoms with Crippen LogP contribution in [-0.4, -0.2) is 29.3 Å². The molecule has 30 heavy (non-hydrogen) atoms. The van der Waals surface area contributed by atoms with Gasteiger partial charge in [-0.25, -0.2) is 4.79 Å². The van der Waals surface area contributed by atoms with Crippen LogP contribution < -0.4 is 5.32 Å². The number of amides is 1. The van der Waals surface area contributed by atoms with Gasteiger partial charge in [0.25, 0.3) is 5.91 Å². The number of aromatic carboxylic acids is 1. The van der Waals surface area contributed by atoms with Crippen molar-refractivity contribution in [2.24, 2.45) is 5.16 Å². The zero-order chi connectivity index (χ0) is 21.5. The van der Waals surface area contributed by atoms with Gasteiger partial charge in [0, 0.05) is 16.1 Å². The van der Waals surface area contributed by atoms with Crippen LogP contribution in [0, 0.1) is 0 Å². The van der Waals surface area contributed by atoms with E-state index < -0.39 is 11.9 Å². The summed E-state index contributed by atoms with van der Waals surface area (Å²) in [5.41, 5.74) is 1.51. The van der Waals surface area contributed by atoms with Gasteiger partial charge in [-0.3, -0.25) is 4.79 Å². The monoisotopic (exact) mass is 424 g/mol. The van der Waals surface area contributed by atoms with Gasteiger partial charge < -0.3 is 19.7 Å². The normalized spacial score (nSPS) is 11.0. The first kappa shape index (κ1) is 20.9. The average Bonchev–Trinajstić information content (AvgIpc) is 3.27. The molecule has 0 radical (unpaired) electrons. The summed E-state index contributed by atoms with van der Waals surface area (Å²) in [6, 6.07) is 14.2. The second-order valence-corrected chi connectivity index (χ2v) is 6.46. The number of hydrogen-bond donors (Lipinski definition) is 2. The molecule has 152 valence electrons. The minimum atomic E-state index is -1.19. The summed E-state index contributed by atoms with van der Waals surface area (Å²) in [6.45, 7) is 3.81. The van der Waals surface area contributed by atoms with Crippen LogP contribution in [0.15, 0.2) is 83.1 Å². The Kier molecular flexibility index (Phi) is 6.67. The van der Waals surface area contributed by atoms with Gasteiger partial charge in [-0.1, -0.05) is 41.5 Å². The fourth-order valence-corrected chi connectivity index (χ4v) is 2.76. The highest BCUT2D eigenvalue weighted by molar-refractivity contribution is 6.31. The summed E-state index contributed by atoms with van der Waals surface area (Å²) in [5.74, 6) is -1.16.